The van der Waals surface area contributed by atoms with Gasteiger partial charge in [-0.25, -0.2) is 0 Å². The molecule has 0 nitrogen and oxygen atoms in total. The highest BCUT2D eigenvalue weighted by Gasteiger charge is 2.09. The van der Waals surface area contributed by atoms with Crippen LogP contribution in [0.15, 0.2) is 91.5 Å². The smallest absolute Gasteiger partial charge is 0.00995 e. The van der Waals surface area contributed by atoms with Crippen LogP contribution in [0.5, 0.6) is 0 Å². The van der Waals surface area contributed by atoms with Crippen molar-refractivity contribution < 1.29 is 0 Å². The molecule has 0 heteroatoms. The molecule has 0 fully saturated rings. The molecular formula is C24H22. The van der Waals surface area contributed by atoms with Crippen LogP contribution in [-0.2, 0) is 0 Å². The predicted octanol–water partition coefficient (Wildman–Crippen LogP) is 6.92. The van der Waals surface area contributed by atoms with Crippen molar-refractivity contribution in [2.45, 2.75) is 13.8 Å². The zero-order chi connectivity index (χ0) is 16.9. The third-order valence-corrected chi connectivity index (χ3v) is 4.20. The van der Waals surface area contributed by atoms with Gasteiger partial charge in [-0.1, -0.05) is 91.0 Å². The molecule has 0 aliphatic carbocycles. The highest BCUT2D eigenvalue weighted by atomic mass is 14.1. The van der Waals surface area contributed by atoms with Crippen LogP contribution < -0.4 is 0 Å². The monoisotopic (exact) mass is 310 g/mol. The van der Waals surface area contributed by atoms with Gasteiger partial charge in [-0.05, 0) is 53.3 Å². The number of benzene rings is 3. The summed E-state index contributed by atoms with van der Waals surface area (Å²) in [7, 11) is 0. The first kappa shape index (κ1) is 16.0. The Morgan fingerprint density at radius 3 is 2.12 bits per heavy atom. The molecule has 0 aliphatic rings. The van der Waals surface area contributed by atoms with Crippen molar-refractivity contribution in [1.29, 1.82) is 0 Å². The summed E-state index contributed by atoms with van der Waals surface area (Å²) in [6.45, 7) is 8.36. The molecule has 0 heterocycles. The second-order valence-corrected chi connectivity index (χ2v) is 6.02. The Labute approximate surface area is 144 Å². The maximum atomic E-state index is 4.23. The lowest BCUT2D eigenvalue weighted by molar-refractivity contribution is 1.46. The molecule has 0 saturated heterocycles. The van der Waals surface area contributed by atoms with Crippen molar-refractivity contribution in [3.63, 3.8) is 0 Å². The zero-order valence-corrected chi connectivity index (χ0v) is 14.3. The third kappa shape index (κ3) is 3.38. The second kappa shape index (κ2) is 7.14. The van der Waals surface area contributed by atoms with Crippen molar-refractivity contribution in [3.05, 3.63) is 103 Å². The summed E-state index contributed by atoms with van der Waals surface area (Å²) in [5, 5.41) is 0. The van der Waals surface area contributed by atoms with Crippen LogP contribution in [0.25, 0.3) is 27.8 Å². The van der Waals surface area contributed by atoms with Crippen LogP contribution in [0.1, 0.15) is 18.1 Å². The number of aryl methyl sites for hydroxylation is 1. The van der Waals surface area contributed by atoms with Gasteiger partial charge in [0.25, 0.3) is 0 Å². The number of allylic oxidation sites excluding steroid dienone is 3. The van der Waals surface area contributed by atoms with Crippen LogP contribution in [0, 0.1) is 6.92 Å². The van der Waals surface area contributed by atoms with E-state index in [9.17, 15) is 0 Å². The first-order chi connectivity index (χ1) is 11.7. The van der Waals surface area contributed by atoms with Crippen LogP contribution in [-0.4, -0.2) is 0 Å². The molecule has 0 atom stereocenters. The van der Waals surface area contributed by atoms with E-state index >= 15 is 0 Å². The van der Waals surface area contributed by atoms with E-state index in [0.29, 0.717) is 0 Å². The average Bonchev–Trinajstić information content (AvgIpc) is 2.63. The molecule has 3 rings (SSSR count). The van der Waals surface area contributed by atoms with E-state index in [1.54, 1.807) is 0 Å². The van der Waals surface area contributed by atoms with Gasteiger partial charge in [0.1, 0.15) is 0 Å². The van der Waals surface area contributed by atoms with E-state index in [2.05, 4.69) is 86.3 Å². The summed E-state index contributed by atoms with van der Waals surface area (Å²) in [6.07, 6.45) is 4.10. The Morgan fingerprint density at radius 1 is 0.792 bits per heavy atom. The minimum absolute atomic E-state index is 1.03. The Bertz CT molecular complexity index is 866. The number of hydrogen-bond acceptors (Lipinski definition) is 0. The fourth-order valence-corrected chi connectivity index (χ4v) is 2.90. The van der Waals surface area contributed by atoms with E-state index in [0.717, 1.165) is 5.57 Å². The van der Waals surface area contributed by atoms with Gasteiger partial charge in [0, 0.05) is 0 Å². The van der Waals surface area contributed by atoms with Gasteiger partial charge >= 0.3 is 0 Å². The molecule has 0 amide bonds. The van der Waals surface area contributed by atoms with Gasteiger partial charge in [0.05, 0.1) is 0 Å². The molecule has 0 aliphatic heterocycles. The topological polar surface area (TPSA) is 0 Å². The molecule has 0 bridgehead atoms. The third-order valence-electron chi connectivity index (χ3n) is 4.20. The Kier molecular flexibility index (Phi) is 4.77. The Hall–Kier alpha value is -2.86. The van der Waals surface area contributed by atoms with Gasteiger partial charge in [-0.2, -0.15) is 0 Å². The number of hydrogen-bond donors (Lipinski definition) is 0. The fraction of sp³-hybridized carbons (Fsp3) is 0.0833. The van der Waals surface area contributed by atoms with Crippen molar-refractivity contribution in [3.8, 4) is 22.3 Å². The van der Waals surface area contributed by atoms with Crippen LogP contribution >= 0.6 is 0 Å². The van der Waals surface area contributed by atoms with Crippen LogP contribution in [0.2, 0.25) is 0 Å². The first-order valence-corrected chi connectivity index (χ1v) is 8.27. The van der Waals surface area contributed by atoms with Gasteiger partial charge in [0.2, 0.25) is 0 Å². The molecule has 3 aromatic carbocycles. The summed E-state index contributed by atoms with van der Waals surface area (Å²) >= 11 is 0. The molecule has 0 aromatic heterocycles. The van der Waals surface area contributed by atoms with E-state index in [1.165, 1.54) is 33.4 Å². The van der Waals surface area contributed by atoms with Crippen molar-refractivity contribution in [1.82, 2.24) is 0 Å². The lowest BCUT2D eigenvalue weighted by Gasteiger charge is -2.13. The number of rotatable bonds is 4. The van der Waals surface area contributed by atoms with Gasteiger partial charge < -0.3 is 0 Å². The summed E-state index contributed by atoms with van der Waals surface area (Å²) in [5.41, 5.74) is 8.39. The molecule has 0 spiro atoms. The predicted molar refractivity (Wildman–Crippen MR) is 106 cm³/mol. The van der Waals surface area contributed by atoms with E-state index in [1.807, 2.05) is 19.1 Å². The lowest BCUT2D eigenvalue weighted by atomic mass is 9.91. The van der Waals surface area contributed by atoms with E-state index < -0.39 is 0 Å². The minimum atomic E-state index is 1.03. The van der Waals surface area contributed by atoms with Gasteiger partial charge in [-0.15, -0.1) is 0 Å². The van der Waals surface area contributed by atoms with E-state index in [4.69, 9.17) is 0 Å². The maximum absolute atomic E-state index is 4.23. The zero-order valence-electron chi connectivity index (χ0n) is 14.3. The highest BCUT2D eigenvalue weighted by Crippen LogP contribution is 2.33. The molecule has 118 valence electrons. The molecule has 24 heavy (non-hydrogen) atoms. The van der Waals surface area contributed by atoms with Crippen molar-refractivity contribution >= 4 is 5.57 Å². The van der Waals surface area contributed by atoms with Crippen LogP contribution in [0.4, 0.5) is 0 Å². The minimum Gasteiger partial charge on any atom is -0.0911 e. The Balaban J connectivity index is 2.15. The van der Waals surface area contributed by atoms with Gasteiger partial charge in [0.15, 0.2) is 0 Å². The fourth-order valence-electron chi connectivity index (χ4n) is 2.90. The molecule has 0 saturated carbocycles. The molecule has 0 unspecified atom stereocenters. The SMILES string of the molecule is C=C(/C=C\C)c1ccc(-c2ccc(C)cc2)cc1-c1ccccc1. The highest BCUT2D eigenvalue weighted by molar-refractivity contribution is 5.87. The van der Waals surface area contributed by atoms with Crippen molar-refractivity contribution in [2.24, 2.45) is 0 Å². The summed E-state index contributed by atoms with van der Waals surface area (Å²) in [6, 6.07) is 25.8. The second-order valence-electron chi connectivity index (χ2n) is 6.02. The Morgan fingerprint density at radius 2 is 1.46 bits per heavy atom. The first-order valence-electron chi connectivity index (χ1n) is 8.27. The molecule has 0 N–H and O–H groups in total. The average molecular weight is 310 g/mol. The van der Waals surface area contributed by atoms with Crippen LogP contribution in [0.3, 0.4) is 0 Å². The molecule has 0 radical (unpaired) electrons. The summed E-state index contributed by atoms with van der Waals surface area (Å²) < 4.78 is 0. The molecular weight excluding hydrogens is 288 g/mol. The summed E-state index contributed by atoms with van der Waals surface area (Å²) in [4.78, 5) is 0. The van der Waals surface area contributed by atoms with Crippen molar-refractivity contribution in [2.75, 3.05) is 0 Å². The largest absolute Gasteiger partial charge is 0.0911 e. The molecule has 3 aromatic rings. The summed E-state index contributed by atoms with van der Waals surface area (Å²) in [5.74, 6) is 0. The normalized spacial score (nSPS) is 10.9. The van der Waals surface area contributed by atoms with Gasteiger partial charge in [-0.3, -0.25) is 0 Å². The standard InChI is InChI=1S/C24H22/c1-4-8-19(3)23-16-15-22(20-13-11-18(2)12-14-20)17-24(23)21-9-6-5-7-10-21/h4-17H,3H2,1-2H3/b8-4-. The maximum Gasteiger partial charge on any atom is -0.00995 e. The quantitative estimate of drug-likeness (QED) is 0.459. The van der Waals surface area contributed by atoms with E-state index in [-0.39, 0.29) is 0 Å². The lowest BCUT2D eigenvalue weighted by Crippen LogP contribution is -1.89.